The number of hydrogen-bond acceptors (Lipinski definition) is 6. The lowest BCUT2D eigenvalue weighted by molar-refractivity contribution is -0.153. The molecular formula is C24H27N3O4S. The third kappa shape index (κ3) is 4.83. The summed E-state index contributed by atoms with van der Waals surface area (Å²) in [6.07, 6.45) is -0.00119. The predicted molar refractivity (Wildman–Crippen MR) is 122 cm³/mol. The Kier molecular flexibility index (Phi) is 6.99. The van der Waals surface area contributed by atoms with Crippen LogP contribution in [0.25, 0.3) is 0 Å². The van der Waals surface area contributed by atoms with Crippen LogP contribution in [0.3, 0.4) is 0 Å². The minimum absolute atomic E-state index is 0.00119. The molecule has 3 atom stereocenters. The Balaban J connectivity index is 1.77. The van der Waals surface area contributed by atoms with Gasteiger partial charge in [-0.3, -0.25) is 14.4 Å². The SMILES string of the molecule is Cc1ccc(N2C(=O)C[C@H](C(=O)OCC(=O)N[C@](C)(C#N)C(C)C)[C@H]2c2cccs2)cc1. The van der Waals surface area contributed by atoms with Gasteiger partial charge in [0.05, 0.1) is 18.0 Å². The molecule has 1 fully saturated rings. The van der Waals surface area contributed by atoms with Gasteiger partial charge in [-0.1, -0.05) is 37.6 Å². The van der Waals surface area contributed by atoms with Crippen molar-refractivity contribution in [3.8, 4) is 6.07 Å². The van der Waals surface area contributed by atoms with E-state index in [2.05, 4.69) is 11.4 Å². The molecule has 2 aromatic rings. The lowest BCUT2D eigenvalue weighted by Crippen LogP contribution is -2.50. The Morgan fingerprint density at radius 1 is 1.31 bits per heavy atom. The molecule has 0 unspecified atom stereocenters. The van der Waals surface area contributed by atoms with Gasteiger partial charge in [0, 0.05) is 17.0 Å². The van der Waals surface area contributed by atoms with E-state index in [1.54, 1.807) is 11.8 Å². The van der Waals surface area contributed by atoms with E-state index in [1.165, 1.54) is 11.3 Å². The number of ether oxygens (including phenoxy) is 1. The molecule has 8 heteroatoms. The predicted octanol–water partition coefficient (Wildman–Crippen LogP) is 3.75. The number of nitrogens with one attached hydrogen (secondary N) is 1. The van der Waals surface area contributed by atoms with Crippen LogP contribution in [0, 0.1) is 30.1 Å². The number of carbonyl (C=O) groups excluding carboxylic acids is 3. The molecule has 2 heterocycles. The standard InChI is InChI=1S/C24H27N3O4S/c1-15(2)24(4,14-25)26-20(28)13-31-23(30)18-12-21(29)27(17-9-7-16(3)8-10-17)22(18)19-6-5-11-32-19/h5-11,15,18,22H,12-13H2,1-4H3,(H,26,28)/t18-,22-,24+/m0/s1. The Morgan fingerprint density at radius 2 is 2.00 bits per heavy atom. The van der Waals surface area contributed by atoms with Crippen LogP contribution in [0.4, 0.5) is 5.69 Å². The normalized spacial score (nSPS) is 20.0. The second-order valence-corrected chi connectivity index (χ2v) is 9.47. The average Bonchev–Trinajstić information content (AvgIpc) is 3.40. The molecule has 1 N–H and O–H groups in total. The summed E-state index contributed by atoms with van der Waals surface area (Å²) in [4.78, 5) is 40.7. The summed E-state index contributed by atoms with van der Waals surface area (Å²) in [7, 11) is 0. The van der Waals surface area contributed by atoms with E-state index in [4.69, 9.17) is 4.74 Å². The van der Waals surface area contributed by atoms with Crippen molar-refractivity contribution in [2.75, 3.05) is 11.5 Å². The van der Waals surface area contributed by atoms with E-state index in [0.29, 0.717) is 5.69 Å². The third-order valence-electron chi connectivity index (χ3n) is 5.90. The Labute approximate surface area is 192 Å². The van der Waals surface area contributed by atoms with E-state index < -0.39 is 36.0 Å². The highest BCUT2D eigenvalue weighted by atomic mass is 32.1. The molecule has 1 saturated heterocycles. The lowest BCUT2D eigenvalue weighted by atomic mass is 9.90. The molecule has 0 spiro atoms. The first kappa shape index (κ1) is 23.5. The van der Waals surface area contributed by atoms with Crippen LogP contribution >= 0.6 is 11.3 Å². The van der Waals surface area contributed by atoms with Gasteiger partial charge in [0.1, 0.15) is 5.54 Å². The number of hydrogen-bond donors (Lipinski definition) is 1. The largest absolute Gasteiger partial charge is 0.455 e. The van der Waals surface area contributed by atoms with Crippen LogP contribution in [-0.2, 0) is 19.1 Å². The maximum atomic E-state index is 13.0. The molecule has 0 radical (unpaired) electrons. The van der Waals surface area contributed by atoms with Gasteiger partial charge in [-0.05, 0) is 43.3 Å². The molecule has 1 aromatic carbocycles. The minimum atomic E-state index is -1.06. The average molecular weight is 454 g/mol. The molecule has 0 saturated carbocycles. The zero-order valence-corrected chi connectivity index (χ0v) is 19.4. The number of nitriles is 1. The van der Waals surface area contributed by atoms with Crippen LogP contribution < -0.4 is 10.2 Å². The van der Waals surface area contributed by atoms with Gasteiger partial charge in [-0.25, -0.2) is 0 Å². The molecule has 1 aliphatic heterocycles. The van der Waals surface area contributed by atoms with Crippen LogP contribution in [-0.4, -0.2) is 29.9 Å². The number of anilines is 1. The number of carbonyl (C=O) groups is 3. The molecule has 7 nitrogen and oxygen atoms in total. The number of rotatable bonds is 7. The summed E-state index contributed by atoms with van der Waals surface area (Å²) in [5, 5.41) is 13.9. The second-order valence-electron chi connectivity index (χ2n) is 8.49. The zero-order chi connectivity index (χ0) is 23.5. The van der Waals surface area contributed by atoms with Crippen molar-refractivity contribution in [1.29, 1.82) is 5.26 Å². The van der Waals surface area contributed by atoms with E-state index in [-0.39, 0.29) is 18.2 Å². The van der Waals surface area contributed by atoms with E-state index >= 15 is 0 Å². The summed E-state index contributed by atoms with van der Waals surface area (Å²) in [6, 6.07) is 12.9. The van der Waals surface area contributed by atoms with Gasteiger partial charge < -0.3 is 15.0 Å². The van der Waals surface area contributed by atoms with Gasteiger partial charge in [-0.2, -0.15) is 5.26 Å². The van der Waals surface area contributed by atoms with Crippen molar-refractivity contribution in [3.63, 3.8) is 0 Å². The molecule has 3 rings (SSSR count). The topological polar surface area (TPSA) is 99.5 Å². The molecule has 0 bridgehead atoms. The van der Waals surface area contributed by atoms with Gasteiger partial charge in [0.2, 0.25) is 5.91 Å². The van der Waals surface area contributed by atoms with Gasteiger partial charge in [-0.15, -0.1) is 11.3 Å². The Bertz CT molecular complexity index is 1030. The summed E-state index contributed by atoms with van der Waals surface area (Å²) in [5.41, 5.74) is 0.726. The number of thiophene rings is 1. The third-order valence-corrected chi connectivity index (χ3v) is 6.85. The van der Waals surface area contributed by atoms with Crippen LogP contribution in [0.2, 0.25) is 0 Å². The number of amides is 2. The molecule has 1 aromatic heterocycles. The van der Waals surface area contributed by atoms with E-state index in [9.17, 15) is 19.6 Å². The van der Waals surface area contributed by atoms with Crippen molar-refractivity contribution in [3.05, 3.63) is 52.2 Å². The van der Waals surface area contributed by atoms with Crippen LogP contribution in [0.15, 0.2) is 41.8 Å². The smallest absolute Gasteiger partial charge is 0.312 e. The van der Waals surface area contributed by atoms with E-state index in [0.717, 1.165) is 10.4 Å². The number of aryl methyl sites for hydroxylation is 1. The highest BCUT2D eigenvalue weighted by Crippen LogP contribution is 2.43. The van der Waals surface area contributed by atoms with Crippen molar-refractivity contribution < 1.29 is 19.1 Å². The fourth-order valence-electron chi connectivity index (χ4n) is 3.61. The maximum Gasteiger partial charge on any atom is 0.312 e. The number of nitrogens with zero attached hydrogens (tertiary/aromatic N) is 2. The van der Waals surface area contributed by atoms with Crippen molar-refractivity contribution >= 4 is 34.8 Å². The van der Waals surface area contributed by atoms with Crippen molar-refractivity contribution in [1.82, 2.24) is 5.32 Å². The first-order valence-corrected chi connectivity index (χ1v) is 11.3. The summed E-state index contributed by atoms with van der Waals surface area (Å²) < 4.78 is 5.30. The summed E-state index contributed by atoms with van der Waals surface area (Å²) in [5.74, 6) is -2.18. The minimum Gasteiger partial charge on any atom is -0.455 e. The fraction of sp³-hybridized carbons (Fsp3) is 0.417. The summed E-state index contributed by atoms with van der Waals surface area (Å²) in [6.45, 7) is 6.73. The molecule has 1 aliphatic rings. The van der Waals surface area contributed by atoms with Crippen molar-refractivity contribution in [2.45, 2.75) is 45.7 Å². The number of benzene rings is 1. The Hall–Kier alpha value is -3.18. The van der Waals surface area contributed by atoms with Crippen LogP contribution in [0.5, 0.6) is 0 Å². The molecule has 32 heavy (non-hydrogen) atoms. The van der Waals surface area contributed by atoms with Crippen LogP contribution in [0.1, 0.15) is 43.7 Å². The summed E-state index contributed by atoms with van der Waals surface area (Å²) >= 11 is 1.47. The second kappa shape index (κ2) is 9.53. The first-order chi connectivity index (χ1) is 15.2. The lowest BCUT2D eigenvalue weighted by Gasteiger charge is -2.28. The number of esters is 1. The molecule has 0 aliphatic carbocycles. The highest BCUT2D eigenvalue weighted by Gasteiger charge is 2.46. The van der Waals surface area contributed by atoms with Gasteiger partial charge in [0.15, 0.2) is 6.61 Å². The maximum absolute atomic E-state index is 13.0. The molecule has 168 valence electrons. The van der Waals surface area contributed by atoms with Gasteiger partial charge in [0.25, 0.3) is 5.91 Å². The molecular weight excluding hydrogens is 426 g/mol. The molecule has 2 amide bonds. The van der Waals surface area contributed by atoms with E-state index in [1.807, 2.05) is 62.5 Å². The monoisotopic (exact) mass is 453 g/mol. The Morgan fingerprint density at radius 3 is 2.56 bits per heavy atom. The van der Waals surface area contributed by atoms with Crippen molar-refractivity contribution in [2.24, 2.45) is 11.8 Å². The van der Waals surface area contributed by atoms with Gasteiger partial charge >= 0.3 is 5.97 Å². The quantitative estimate of drug-likeness (QED) is 0.644. The first-order valence-electron chi connectivity index (χ1n) is 10.5. The fourth-order valence-corrected chi connectivity index (χ4v) is 4.49. The highest BCUT2D eigenvalue weighted by molar-refractivity contribution is 7.10. The zero-order valence-electron chi connectivity index (χ0n) is 18.6.